The normalized spacial score (nSPS) is 11.7. The second kappa shape index (κ2) is 9.11. The lowest BCUT2D eigenvalue weighted by atomic mass is 10.1. The lowest BCUT2D eigenvalue weighted by Gasteiger charge is -2.19. The van der Waals surface area contributed by atoms with Crippen LogP contribution in [0.4, 0.5) is 0 Å². The van der Waals surface area contributed by atoms with Gasteiger partial charge in [-0.25, -0.2) is 0 Å². The topological polar surface area (TPSA) is 47.6 Å². The number of carbonyl (C=O) groups is 1. The van der Waals surface area contributed by atoms with Gasteiger partial charge in [-0.05, 0) is 56.5 Å². The Kier molecular flexibility index (Phi) is 6.87. The van der Waals surface area contributed by atoms with E-state index < -0.39 is 6.10 Å². The highest BCUT2D eigenvalue weighted by atomic mass is 16.5. The van der Waals surface area contributed by atoms with Crippen molar-refractivity contribution in [3.8, 4) is 11.5 Å². The summed E-state index contributed by atoms with van der Waals surface area (Å²) in [7, 11) is 0. The lowest BCUT2D eigenvalue weighted by Crippen LogP contribution is -2.39. The minimum atomic E-state index is -0.500. The summed E-state index contributed by atoms with van der Waals surface area (Å²) in [5, 5.41) is 2.88. The number of hydrogen-bond donors (Lipinski definition) is 1. The number of benzene rings is 2. The van der Waals surface area contributed by atoms with E-state index in [0.717, 1.165) is 22.6 Å². The second-order valence-corrected chi connectivity index (χ2v) is 6.24. The zero-order valence-corrected chi connectivity index (χ0v) is 15.5. The molecule has 2 aromatic carbocycles. The number of rotatable bonds is 8. The molecule has 0 bridgehead atoms. The molecular weight excluding hydrogens is 314 g/mol. The van der Waals surface area contributed by atoms with Gasteiger partial charge in [-0.2, -0.15) is 0 Å². The van der Waals surface area contributed by atoms with E-state index in [9.17, 15) is 4.79 Å². The number of carbonyl (C=O) groups excluding carboxylic acids is 1. The zero-order valence-electron chi connectivity index (χ0n) is 15.5. The molecule has 2 aromatic rings. The van der Waals surface area contributed by atoms with Gasteiger partial charge in [-0.1, -0.05) is 36.8 Å². The van der Waals surface area contributed by atoms with E-state index in [1.165, 1.54) is 5.56 Å². The van der Waals surface area contributed by atoms with Gasteiger partial charge >= 0.3 is 0 Å². The van der Waals surface area contributed by atoms with Crippen molar-refractivity contribution in [2.45, 2.75) is 40.2 Å². The molecule has 4 nitrogen and oxygen atoms in total. The van der Waals surface area contributed by atoms with E-state index in [-0.39, 0.29) is 5.91 Å². The summed E-state index contributed by atoms with van der Waals surface area (Å²) < 4.78 is 11.5. The summed E-state index contributed by atoms with van der Waals surface area (Å²) in [5.74, 6) is 1.45. The van der Waals surface area contributed by atoms with Crippen molar-refractivity contribution in [3.05, 3.63) is 59.2 Å². The van der Waals surface area contributed by atoms with E-state index in [1.807, 2.05) is 70.2 Å². The minimum absolute atomic E-state index is 0.115. The van der Waals surface area contributed by atoms with Gasteiger partial charge in [0.05, 0.1) is 6.54 Å². The predicted molar refractivity (Wildman–Crippen MR) is 100 cm³/mol. The van der Waals surface area contributed by atoms with Crippen molar-refractivity contribution in [1.29, 1.82) is 0 Å². The molecule has 0 radical (unpaired) electrons. The average Bonchev–Trinajstić information content (AvgIpc) is 2.60. The van der Waals surface area contributed by atoms with Crippen LogP contribution in [0.5, 0.6) is 11.5 Å². The Balaban J connectivity index is 1.81. The average molecular weight is 341 g/mol. The Morgan fingerprint density at radius 1 is 1.04 bits per heavy atom. The molecule has 25 heavy (non-hydrogen) atoms. The summed E-state index contributed by atoms with van der Waals surface area (Å²) in [6.45, 7) is 8.83. The molecule has 134 valence electrons. The molecule has 2 rings (SSSR count). The van der Waals surface area contributed by atoms with Crippen LogP contribution in [-0.2, 0) is 4.79 Å². The SMILES string of the molecule is CC[C@H](Oc1cc(C)ccc1C)C(=O)NCCOc1ccc(C)cc1. The molecule has 0 aliphatic rings. The third-order valence-electron chi connectivity index (χ3n) is 3.97. The standard InChI is InChI=1S/C21H27NO3/c1-5-19(25-20-14-16(3)6-9-17(20)4)21(23)22-12-13-24-18-10-7-15(2)8-11-18/h6-11,14,19H,5,12-13H2,1-4H3,(H,22,23)/t19-/m0/s1. The van der Waals surface area contributed by atoms with Gasteiger partial charge in [0.1, 0.15) is 18.1 Å². The lowest BCUT2D eigenvalue weighted by molar-refractivity contribution is -0.128. The molecule has 0 saturated carbocycles. The van der Waals surface area contributed by atoms with Gasteiger partial charge in [0.2, 0.25) is 0 Å². The summed E-state index contributed by atoms with van der Waals surface area (Å²) in [6, 6.07) is 13.9. The quantitative estimate of drug-likeness (QED) is 0.739. The van der Waals surface area contributed by atoms with Crippen molar-refractivity contribution in [2.24, 2.45) is 0 Å². The smallest absolute Gasteiger partial charge is 0.261 e. The minimum Gasteiger partial charge on any atom is -0.492 e. The Hall–Kier alpha value is -2.49. The van der Waals surface area contributed by atoms with Crippen LogP contribution in [0.25, 0.3) is 0 Å². The number of ether oxygens (including phenoxy) is 2. The summed E-state index contributed by atoms with van der Waals surface area (Å²) in [4.78, 5) is 12.3. The molecule has 0 saturated heterocycles. The van der Waals surface area contributed by atoms with Gasteiger partial charge in [-0.3, -0.25) is 4.79 Å². The Bertz CT molecular complexity index is 695. The van der Waals surface area contributed by atoms with Crippen LogP contribution in [0.15, 0.2) is 42.5 Å². The van der Waals surface area contributed by atoms with E-state index in [0.29, 0.717) is 19.6 Å². The Labute approximate surface area is 150 Å². The number of aryl methyl sites for hydroxylation is 3. The van der Waals surface area contributed by atoms with Crippen molar-refractivity contribution >= 4 is 5.91 Å². The van der Waals surface area contributed by atoms with Gasteiger partial charge in [0.25, 0.3) is 5.91 Å². The molecule has 1 amide bonds. The molecule has 1 N–H and O–H groups in total. The molecule has 0 heterocycles. The van der Waals surface area contributed by atoms with Gasteiger partial charge < -0.3 is 14.8 Å². The molecule has 1 atom stereocenters. The van der Waals surface area contributed by atoms with Crippen LogP contribution in [0, 0.1) is 20.8 Å². The van der Waals surface area contributed by atoms with Crippen LogP contribution in [0.3, 0.4) is 0 Å². The summed E-state index contributed by atoms with van der Waals surface area (Å²) >= 11 is 0. The first-order valence-corrected chi connectivity index (χ1v) is 8.70. The largest absolute Gasteiger partial charge is 0.492 e. The second-order valence-electron chi connectivity index (χ2n) is 6.24. The van der Waals surface area contributed by atoms with Gasteiger partial charge in [0, 0.05) is 0 Å². The third-order valence-corrected chi connectivity index (χ3v) is 3.97. The Morgan fingerprint density at radius 2 is 1.72 bits per heavy atom. The van der Waals surface area contributed by atoms with Crippen LogP contribution in [-0.4, -0.2) is 25.2 Å². The highest BCUT2D eigenvalue weighted by Gasteiger charge is 2.18. The zero-order chi connectivity index (χ0) is 18.2. The molecule has 0 aliphatic carbocycles. The molecular formula is C21H27NO3. The molecule has 0 fully saturated rings. The van der Waals surface area contributed by atoms with Crippen molar-refractivity contribution in [3.63, 3.8) is 0 Å². The molecule has 0 aromatic heterocycles. The monoisotopic (exact) mass is 341 g/mol. The number of amides is 1. The molecule has 4 heteroatoms. The predicted octanol–water partition coefficient (Wildman–Crippen LogP) is 3.96. The highest BCUT2D eigenvalue weighted by Crippen LogP contribution is 2.21. The maximum atomic E-state index is 12.3. The van der Waals surface area contributed by atoms with Crippen molar-refractivity contribution in [1.82, 2.24) is 5.32 Å². The van der Waals surface area contributed by atoms with Crippen LogP contribution >= 0.6 is 0 Å². The van der Waals surface area contributed by atoms with E-state index >= 15 is 0 Å². The van der Waals surface area contributed by atoms with Crippen LogP contribution in [0.2, 0.25) is 0 Å². The maximum absolute atomic E-state index is 12.3. The molecule has 0 unspecified atom stereocenters. The summed E-state index contributed by atoms with van der Waals surface area (Å²) in [6.07, 6.45) is 0.109. The number of hydrogen-bond acceptors (Lipinski definition) is 3. The van der Waals surface area contributed by atoms with Crippen LogP contribution < -0.4 is 14.8 Å². The fourth-order valence-corrected chi connectivity index (χ4v) is 2.40. The van der Waals surface area contributed by atoms with E-state index in [1.54, 1.807) is 0 Å². The third kappa shape index (κ3) is 5.82. The van der Waals surface area contributed by atoms with Crippen molar-refractivity contribution in [2.75, 3.05) is 13.2 Å². The summed E-state index contributed by atoms with van der Waals surface area (Å²) in [5.41, 5.74) is 3.33. The first-order valence-electron chi connectivity index (χ1n) is 8.70. The van der Waals surface area contributed by atoms with E-state index in [4.69, 9.17) is 9.47 Å². The highest BCUT2D eigenvalue weighted by molar-refractivity contribution is 5.81. The first kappa shape index (κ1) is 18.8. The fraction of sp³-hybridized carbons (Fsp3) is 0.381. The number of nitrogens with one attached hydrogen (secondary N) is 1. The maximum Gasteiger partial charge on any atom is 0.261 e. The van der Waals surface area contributed by atoms with Crippen molar-refractivity contribution < 1.29 is 14.3 Å². The fourth-order valence-electron chi connectivity index (χ4n) is 2.40. The molecule has 0 spiro atoms. The van der Waals surface area contributed by atoms with Gasteiger partial charge in [0.15, 0.2) is 6.10 Å². The van der Waals surface area contributed by atoms with Crippen LogP contribution in [0.1, 0.15) is 30.0 Å². The van der Waals surface area contributed by atoms with Gasteiger partial charge in [-0.15, -0.1) is 0 Å². The van der Waals surface area contributed by atoms with E-state index in [2.05, 4.69) is 5.32 Å². The molecule has 0 aliphatic heterocycles. The Morgan fingerprint density at radius 3 is 2.40 bits per heavy atom. The first-order chi connectivity index (χ1) is 12.0.